The molecule has 1 aromatic heterocycles. The Hall–Kier alpha value is -4.53. The van der Waals surface area contributed by atoms with Crippen molar-refractivity contribution in [2.75, 3.05) is 17.2 Å². The molecule has 1 aliphatic heterocycles. The average Bonchev–Trinajstić information content (AvgIpc) is 3.59. The van der Waals surface area contributed by atoms with Crippen LogP contribution in [-0.4, -0.2) is 51.2 Å². The van der Waals surface area contributed by atoms with E-state index in [0.717, 1.165) is 0 Å². The van der Waals surface area contributed by atoms with Crippen LogP contribution in [0, 0.1) is 0 Å². The highest BCUT2D eigenvalue weighted by atomic mass is 32.2. The highest BCUT2D eigenvalue weighted by molar-refractivity contribution is 8.14. The molecule has 1 saturated heterocycles. The normalized spacial score (nSPS) is 15.2. The van der Waals surface area contributed by atoms with Crippen molar-refractivity contribution in [3.8, 4) is 28.6 Å². The molecule has 4 aromatic rings. The fraction of sp³-hybridized carbons (Fsp3) is 0.154. The molecule has 3 aromatic carbocycles. The number of aromatic nitrogens is 3. The third kappa shape index (κ3) is 7.36. The number of amidine groups is 1. The molecule has 2 heterocycles. The highest BCUT2D eigenvalue weighted by Gasteiger charge is 2.34. The molecule has 41 heavy (non-hydrogen) atoms. The summed E-state index contributed by atoms with van der Waals surface area (Å²) in [7, 11) is 0. The molecule has 0 spiro atoms. The maximum absolute atomic E-state index is 12.8. The molecule has 0 atom stereocenters. The molecule has 1 aliphatic rings. The number of benzene rings is 3. The first-order valence-corrected chi connectivity index (χ1v) is 12.8. The van der Waals surface area contributed by atoms with Crippen molar-refractivity contribution in [1.82, 2.24) is 14.8 Å². The summed E-state index contributed by atoms with van der Waals surface area (Å²) in [5.74, 6) is 0.345. The monoisotopic (exact) mass is 592 g/mol. The summed E-state index contributed by atoms with van der Waals surface area (Å²) in [6.45, 7) is 0.442. The Bertz CT molecular complexity index is 1550. The van der Waals surface area contributed by atoms with Gasteiger partial charge in [-0.15, -0.1) is 36.5 Å². The van der Waals surface area contributed by atoms with Crippen molar-refractivity contribution < 1.29 is 35.8 Å². The Morgan fingerprint density at radius 1 is 0.854 bits per heavy atom. The zero-order valence-corrected chi connectivity index (χ0v) is 21.5. The van der Waals surface area contributed by atoms with Crippen LogP contribution in [0.15, 0.2) is 89.3 Å². The second kappa shape index (κ2) is 11.5. The molecule has 0 bridgehead atoms. The molecule has 212 valence electrons. The topological polar surface area (TPSA) is 77.1 Å². The van der Waals surface area contributed by atoms with Gasteiger partial charge in [-0.05, 0) is 42.0 Å². The van der Waals surface area contributed by atoms with Crippen molar-refractivity contribution in [1.29, 1.82) is 0 Å². The zero-order valence-electron chi connectivity index (χ0n) is 20.7. The maximum atomic E-state index is 12.8. The number of hydrogen-bond donors (Lipinski definition) is 0. The molecule has 0 saturated carbocycles. The van der Waals surface area contributed by atoms with Gasteiger partial charge < -0.3 is 14.4 Å². The Kier molecular flexibility index (Phi) is 7.88. The predicted molar refractivity (Wildman–Crippen MR) is 141 cm³/mol. The number of nitrogens with zero attached hydrogens (tertiary/aromatic N) is 6. The van der Waals surface area contributed by atoms with Crippen LogP contribution in [0.25, 0.3) is 17.1 Å². The van der Waals surface area contributed by atoms with Gasteiger partial charge in [-0.2, -0.15) is 5.10 Å². The van der Waals surface area contributed by atoms with E-state index < -0.39 is 12.7 Å². The van der Waals surface area contributed by atoms with Gasteiger partial charge in [0, 0.05) is 17.9 Å². The lowest BCUT2D eigenvalue weighted by Gasteiger charge is -2.21. The number of thioether (sulfide) groups is 1. The van der Waals surface area contributed by atoms with E-state index in [1.165, 1.54) is 71.5 Å². The maximum Gasteiger partial charge on any atom is 0.573 e. The average molecular weight is 593 g/mol. The summed E-state index contributed by atoms with van der Waals surface area (Å²) in [5.41, 5.74) is 2.12. The van der Waals surface area contributed by atoms with Crippen molar-refractivity contribution in [3.05, 3.63) is 84.7 Å². The molecule has 0 radical (unpaired) electrons. The van der Waals surface area contributed by atoms with Crippen LogP contribution in [0.5, 0.6) is 11.5 Å². The third-order valence-corrected chi connectivity index (χ3v) is 6.45. The summed E-state index contributed by atoms with van der Waals surface area (Å²) < 4.78 is 85.0. The van der Waals surface area contributed by atoms with Crippen LogP contribution >= 0.6 is 11.8 Å². The Labute approximate surface area is 232 Å². The first kappa shape index (κ1) is 28.0. The van der Waals surface area contributed by atoms with Crippen LogP contribution in [0.1, 0.15) is 5.56 Å². The number of hydrogen-bond acceptors (Lipinski definition) is 7. The van der Waals surface area contributed by atoms with E-state index in [4.69, 9.17) is 0 Å². The minimum atomic E-state index is -4.82. The highest BCUT2D eigenvalue weighted by Crippen LogP contribution is 2.36. The Morgan fingerprint density at radius 2 is 1.56 bits per heavy atom. The van der Waals surface area contributed by atoms with Gasteiger partial charge in [0.2, 0.25) is 0 Å². The minimum absolute atomic E-state index is 0.241. The summed E-state index contributed by atoms with van der Waals surface area (Å²) in [4.78, 5) is 5.87. The van der Waals surface area contributed by atoms with Crippen LogP contribution in [0.2, 0.25) is 0 Å². The van der Waals surface area contributed by atoms with Gasteiger partial charge in [-0.1, -0.05) is 48.2 Å². The molecule has 0 amide bonds. The van der Waals surface area contributed by atoms with Crippen molar-refractivity contribution in [2.24, 2.45) is 10.2 Å². The molecule has 0 N–H and O–H groups in total. The van der Waals surface area contributed by atoms with Gasteiger partial charge in [-0.3, -0.25) is 0 Å². The van der Waals surface area contributed by atoms with Crippen molar-refractivity contribution in [3.63, 3.8) is 0 Å². The zero-order chi connectivity index (χ0) is 29.0. The molecule has 1 fully saturated rings. The molecule has 0 aliphatic carbocycles. The summed E-state index contributed by atoms with van der Waals surface area (Å²) >= 11 is 1.36. The van der Waals surface area contributed by atoms with E-state index in [1.54, 1.807) is 35.2 Å². The van der Waals surface area contributed by atoms with E-state index in [1.807, 2.05) is 0 Å². The summed E-state index contributed by atoms with van der Waals surface area (Å²) in [6, 6.07) is 18.1. The first-order valence-electron chi connectivity index (χ1n) is 11.8. The number of rotatable bonds is 7. The Morgan fingerprint density at radius 3 is 2.27 bits per heavy atom. The van der Waals surface area contributed by atoms with E-state index in [9.17, 15) is 26.3 Å². The van der Waals surface area contributed by atoms with Gasteiger partial charge in [0.15, 0.2) is 16.7 Å². The number of para-hydroxylation sites is 2. The summed E-state index contributed by atoms with van der Waals surface area (Å²) in [5, 5.41) is 13.1. The lowest BCUT2D eigenvalue weighted by atomic mass is 10.1. The van der Waals surface area contributed by atoms with Crippen LogP contribution in [-0.2, 0) is 0 Å². The molecule has 5 rings (SSSR count). The lowest BCUT2D eigenvalue weighted by Crippen LogP contribution is -2.26. The first-order chi connectivity index (χ1) is 19.5. The van der Waals surface area contributed by atoms with E-state index >= 15 is 0 Å². The predicted octanol–water partition coefficient (Wildman–Crippen LogP) is 6.67. The second-order valence-electron chi connectivity index (χ2n) is 8.32. The number of alkyl halides is 6. The smallest absolute Gasteiger partial charge is 0.406 e. The van der Waals surface area contributed by atoms with E-state index in [0.29, 0.717) is 40.1 Å². The fourth-order valence-corrected chi connectivity index (χ4v) is 4.69. The Balaban J connectivity index is 1.25. The molecule has 15 heteroatoms. The fourth-order valence-electron chi connectivity index (χ4n) is 3.78. The number of anilines is 1. The molecular weight excluding hydrogens is 574 g/mol. The van der Waals surface area contributed by atoms with Crippen molar-refractivity contribution >= 4 is 28.8 Å². The molecule has 8 nitrogen and oxygen atoms in total. The van der Waals surface area contributed by atoms with Crippen LogP contribution in [0.4, 0.5) is 32.0 Å². The largest absolute Gasteiger partial charge is 0.573 e. The number of halogens is 6. The van der Waals surface area contributed by atoms with E-state index in [2.05, 4.69) is 29.8 Å². The SMILES string of the molecule is FC(F)(F)Oc1ccc(-n2cnc(-c3ccc(C=NN=C4SCCN4c4ccccc4OC(F)(F)F)cc3)n2)cc1. The summed E-state index contributed by atoms with van der Waals surface area (Å²) in [6.07, 6.45) is -6.66. The standard InChI is InChI=1S/C26H18F6N6O2S/c27-25(28,29)39-20-11-9-19(10-12-20)38-16-33-23(36-38)18-7-5-17(6-8-18)15-34-35-24-37(13-14-41-24)21-3-1-2-4-22(21)40-26(30,31)32/h1-12,15-16H,13-14H2. The van der Waals surface area contributed by atoms with Gasteiger partial charge in [0.1, 0.15) is 12.1 Å². The second-order valence-corrected chi connectivity index (χ2v) is 9.38. The van der Waals surface area contributed by atoms with E-state index in [-0.39, 0.29) is 17.2 Å². The van der Waals surface area contributed by atoms with Gasteiger partial charge in [-0.25, -0.2) is 9.67 Å². The van der Waals surface area contributed by atoms with Crippen LogP contribution in [0.3, 0.4) is 0 Å². The molecular formula is C26H18F6N6O2S. The minimum Gasteiger partial charge on any atom is -0.406 e. The van der Waals surface area contributed by atoms with Gasteiger partial charge >= 0.3 is 12.7 Å². The lowest BCUT2D eigenvalue weighted by molar-refractivity contribution is -0.275. The quantitative estimate of drug-likeness (QED) is 0.136. The van der Waals surface area contributed by atoms with Gasteiger partial charge in [0.05, 0.1) is 17.6 Å². The van der Waals surface area contributed by atoms with Gasteiger partial charge in [0.25, 0.3) is 0 Å². The van der Waals surface area contributed by atoms with Crippen molar-refractivity contribution in [2.45, 2.75) is 12.7 Å². The van der Waals surface area contributed by atoms with Crippen LogP contribution < -0.4 is 14.4 Å². The number of ether oxygens (including phenoxy) is 2. The molecule has 0 unspecified atom stereocenters. The third-order valence-electron chi connectivity index (χ3n) is 5.50.